The first kappa shape index (κ1) is 8.87. The molecule has 0 saturated heterocycles. The third kappa shape index (κ3) is 1.64. The van der Waals surface area contributed by atoms with Crippen LogP contribution in [0.5, 0.6) is 0 Å². The third-order valence-electron chi connectivity index (χ3n) is 2.02. The van der Waals surface area contributed by atoms with E-state index in [1.807, 2.05) is 32.4 Å². The molecule has 0 aliphatic carbocycles. The first-order chi connectivity index (χ1) is 6.79. The molecule has 0 radical (unpaired) electrons. The number of nitrogens with zero attached hydrogens (tertiary/aromatic N) is 4. The van der Waals surface area contributed by atoms with Gasteiger partial charge in [-0.2, -0.15) is 5.10 Å². The van der Waals surface area contributed by atoms with Crippen LogP contribution in [0.25, 0.3) is 11.3 Å². The normalized spacial score (nSPS) is 10.4. The molecular formula is C10H12N4. The van der Waals surface area contributed by atoms with Crippen LogP contribution in [0, 0.1) is 0 Å². The van der Waals surface area contributed by atoms with Gasteiger partial charge in [0.15, 0.2) is 0 Å². The average molecular weight is 188 g/mol. The smallest absolute Gasteiger partial charge is 0.128 e. The summed E-state index contributed by atoms with van der Waals surface area (Å²) >= 11 is 0. The Morgan fingerprint density at radius 1 is 1.43 bits per heavy atom. The number of aryl methyl sites for hydroxylation is 2. The minimum absolute atomic E-state index is 0.855. The fourth-order valence-corrected chi connectivity index (χ4v) is 1.28. The monoisotopic (exact) mass is 188 g/mol. The summed E-state index contributed by atoms with van der Waals surface area (Å²) in [7, 11) is 1.89. The maximum absolute atomic E-state index is 4.41. The summed E-state index contributed by atoms with van der Waals surface area (Å²) in [5, 5.41) is 4.10. The quantitative estimate of drug-likeness (QED) is 0.716. The lowest BCUT2D eigenvalue weighted by atomic mass is 10.2. The largest absolute Gasteiger partial charge is 0.275 e. The van der Waals surface area contributed by atoms with E-state index in [0.717, 1.165) is 23.5 Å². The van der Waals surface area contributed by atoms with Crippen molar-refractivity contribution in [3.63, 3.8) is 0 Å². The van der Waals surface area contributed by atoms with Crippen molar-refractivity contribution in [2.45, 2.75) is 13.3 Å². The molecule has 72 valence electrons. The maximum atomic E-state index is 4.41. The molecule has 14 heavy (non-hydrogen) atoms. The van der Waals surface area contributed by atoms with E-state index >= 15 is 0 Å². The van der Waals surface area contributed by atoms with Gasteiger partial charge in [-0.15, -0.1) is 0 Å². The summed E-state index contributed by atoms with van der Waals surface area (Å²) in [6.07, 6.45) is 6.39. The molecular weight excluding hydrogens is 176 g/mol. The Bertz CT molecular complexity index is 433. The molecule has 0 aliphatic rings. The van der Waals surface area contributed by atoms with Crippen LogP contribution >= 0.6 is 0 Å². The second kappa shape index (κ2) is 3.57. The fraction of sp³-hybridized carbons (Fsp3) is 0.300. The molecule has 4 heteroatoms. The van der Waals surface area contributed by atoms with E-state index in [1.54, 1.807) is 10.9 Å². The van der Waals surface area contributed by atoms with Crippen molar-refractivity contribution in [1.29, 1.82) is 0 Å². The van der Waals surface area contributed by atoms with E-state index in [9.17, 15) is 0 Å². The fourth-order valence-electron chi connectivity index (χ4n) is 1.28. The Morgan fingerprint density at radius 3 is 2.93 bits per heavy atom. The van der Waals surface area contributed by atoms with Gasteiger partial charge < -0.3 is 0 Å². The summed E-state index contributed by atoms with van der Waals surface area (Å²) in [4.78, 5) is 8.56. The third-order valence-corrected chi connectivity index (χ3v) is 2.02. The van der Waals surface area contributed by atoms with E-state index < -0.39 is 0 Å². The zero-order valence-electron chi connectivity index (χ0n) is 8.31. The SMILES string of the molecule is CCc1nccc(-c2cnn(C)c2)n1. The van der Waals surface area contributed by atoms with E-state index in [1.165, 1.54) is 0 Å². The van der Waals surface area contributed by atoms with Gasteiger partial charge in [0, 0.05) is 31.4 Å². The van der Waals surface area contributed by atoms with Crippen LogP contribution in [0.1, 0.15) is 12.7 Å². The van der Waals surface area contributed by atoms with E-state index in [0.29, 0.717) is 0 Å². The predicted octanol–water partition coefficient (Wildman–Crippen LogP) is 1.44. The van der Waals surface area contributed by atoms with Gasteiger partial charge in [0.1, 0.15) is 5.82 Å². The van der Waals surface area contributed by atoms with Crippen LogP contribution in [0.4, 0.5) is 0 Å². The molecule has 0 amide bonds. The number of hydrogen-bond acceptors (Lipinski definition) is 3. The molecule has 0 saturated carbocycles. The molecule has 0 aromatic carbocycles. The maximum Gasteiger partial charge on any atom is 0.128 e. The average Bonchev–Trinajstić information content (AvgIpc) is 2.65. The van der Waals surface area contributed by atoms with Crippen LogP contribution in [-0.2, 0) is 13.5 Å². The molecule has 0 N–H and O–H groups in total. The minimum Gasteiger partial charge on any atom is -0.275 e. The van der Waals surface area contributed by atoms with Crippen molar-refractivity contribution in [2.24, 2.45) is 7.05 Å². The van der Waals surface area contributed by atoms with Crippen molar-refractivity contribution in [1.82, 2.24) is 19.7 Å². The summed E-state index contributed by atoms with van der Waals surface area (Å²) in [5.74, 6) is 0.867. The Labute approximate surface area is 82.6 Å². The van der Waals surface area contributed by atoms with Crippen LogP contribution in [0.2, 0.25) is 0 Å². The molecule has 0 fully saturated rings. The van der Waals surface area contributed by atoms with Gasteiger partial charge >= 0.3 is 0 Å². The lowest BCUT2D eigenvalue weighted by Crippen LogP contribution is -1.93. The van der Waals surface area contributed by atoms with Crippen LogP contribution in [0.3, 0.4) is 0 Å². The second-order valence-electron chi connectivity index (χ2n) is 3.11. The van der Waals surface area contributed by atoms with Crippen LogP contribution in [-0.4, -0.2) is 19.7 Å². The van der Waals surface area contributed by atoms with E-state index in [-0.39, 0.29) is 0 Å². The van der Waals surface area contributed by atoms with E-state index in [4.69, 9.17) is 0 Å². The molecule has 4 nitrogen and oxygen atoms in total. The van der Waals surface area contributed by atoms with Gasteiger partial charge in [0.05, 0.1) is 11.9 Å². The zero-order valence-corrected chi connectivity index (χ0v) is 8.31. The molecule has 0 spiro atoms. The predicted molar refractivity (Wildman–Crippen MR) is 53.6 cm³/mol. The number of rotatable bonds is 2. The highest BCUT2D eigenvalue weighted by Crippen LogP contribution is 2.14. The highest BCUT2D eigenvalue weighted by atomic mass is 15.2. The molecule has 0 atom stereocenters. The first-order valence-corrected chi connectivity index (χ1v) is 4.60. The molecule has 0 bridgehead atoms. The van der Waals surface area contributed by atoms with Gasteiger partial charge in [0.25, 0.3) is 0 Å². The standard InChI is InChI=1S/C10H12N4/c1-3-10-11-5-4-9(13-10)8-6-12-14(2)7-8/h4-7H,3H2,1-2H3. The van der Waals surface area contributed by atoms with Crippen molar-refractivity contribution in [2.75, 3.05) is 0 Å². The first-order valence-electron chi connectivity index (χ1n) is 4.60. The van der Waals surface area contributed by atoms with Gasteiger partial charge in [-0.3, -0.25) is 4.68 Å². The molecule has 0 aliphatic heterocycles. The van der Waals surface area contributed by atoms with Crippen LogP contribution in [0.15, 0.2) is 24.7 Å². The summed E-state index contributed by atoms with van der Waals surface area (Å²) in [6, 6.07) is 1.90. The molecule has 0 unspecified atom stereocenters. The Kier molecular flexibility index (Phi) is 2.26. The Hall–Kier alpha value is -1.71. The van der Waals surface area contributed by atoms with Gasteiger partial charge in [-0.25, -0.2) is 9.97 Å². The summed E-state index contributed by atoms with van der Waals surface area (Å²) < 4.78 is 1.77. The Balaban J connectivity index is 2.41. The van der Waals surface area contributed by atoms with Crippen molar-refractivity contribution in [3.8, 4) is 11.3 Å². The molecule has 2 aromatic rings. The Morgan fingerprint density at radius 2 is 2.29 bits per heavy atom. The lowest BCUT2D eigenvalue weighted by Gasteiger charge is -1.98. The van der Waals surface area contributed by atoms with E-state index in [2.05, 4.69) is 15.1 Å². The topological polar surface area (TPSA) is 43.6 Å². The van der Waals surface area contributed by atoms with Gasteiger partial charge in [-0.1, -0.05) is 6.92 Å². The van der Waals surface area contributed by atoms with Gasteiger partial charge in [-0.05, 0) is 6.07 Å². The zero-order chi connectivity index (χ0) is 9.97. The highest BCUT2D eigenvalue weighted by Gasteiger charge is 2.02. The lowest BCUT2D eigenvalue weighted by molar-refractivity contribution is 0.768. The van der Waals surface area contributed by atoms with Crippen molar-refractivity contribution in [3.05, 3.63) is 30.5 Å². The summed E-state index contributed by atoms with van der Waals surface area (Å²) in [6.45, 7) is 2.04. The number of hydrogen-bond donors (Lipinski definition) is 0. The highest BCUT2D eigenvalue weighted by molar-refractivity contribution is 5.56. The van der Waals surface area contributed by atoms with Crippen LogP contribution < -0.4 is 0 Å². The van der Waals surface area contributed by atoms with Crippen molar-refractivity contribution < 1.29 is 0 Å². The molecule has 2 rings (SSSR count). The van der Waals surface area contributed by atoms with Crippen molar-refractivity contribution >= 4 is 0 Å². The summed E-state index contributed by atoms with van der Waals surface area (Å²) in [5.41, 5.74) is 1.97. The van der Waals surface area contributed by atoms with Gasteiger partial charge in [0.2, 0.25) is 0 Å². The molecule has 2 heterocycles. The minimum atomic E-state index is 0.855. The number of aromatic nitrogens is 4. The second-order valence-corrected chi connectivity index (χ2v) is 3.11. The molecule has 2 aromatic heterocycles.